The van der Waals surface area contributed by atoms with Gasteiger partial charge in [-0.1, -0.05) is 42.5 Å². The fraction of sp³-hybridized carbons (Fsp3) is 0.269. The molecule has 1 aromatic heterocycles. The Morgan fingerprint density at radius 3 is 2.64 bits per heavy atom. The van der Waals surface area contributed by atoms with E-state index >= 15 is 0 Å². The molecule has 0 spiro atoms. The van der Waals surface area contributed by atoms with Crippen LogP contribution in [-0.4, -0.2) is 39.9 Å². The highest BCUT2D eigenvalue weighted by molar-refractivity contribution is 5.85. The molecule has 3 aromatic carbocycles. The van der Waals surface area contributed by atoms with E-state index in [4.69, 9.17) is 0 Å². The summed E-state index contributed by atoms with van der Waals surface area (Å²) < 4.78 is 27.0. The van der Waals surface area contributed by atoms with Gasteiger partial charge in [0, 0.05) is 31.3 Å². The van der Waals surface area contributed by atoms with Gasteiger partial charge in [0.1, 0.15) is 5.82 Å². The molecule has 33 heavy (non-hydrogen) atoms. The van der Waals surface area contributed by atoms with Crippen molar-refractivity contribution in [1.29, 1.82) is 0 Å². The predicted molar refractivity (Wildman–Crippen MR) is 125 cm³/mol. The maximum atomic E-state index is 13.6. The maximum absolute atomic E-state index is 13.6. The van der Waals surface area contributed by atoms with E-state index in [-0.39, 0.29) is 17.5 Å². The molecule has 168 valence electrons. The first-order valence-electron chi connectivity index (χ1n) is 11.2. The summed E-state index contributed by atoms with van der Waals surface area (Å²) in [5.41, 5.74) is 1.58. The Balaban J connectivity index is 1.27. The monoisotopic (exact) mass is 446 g/mol. The maximum Gasteiger partial charge on any atom is 0.227 e. The van der Waals surface area contributed by atoms with Gasteiger partial charge in [0.15, 0.2) is 11.6 Å². The minimum atomic E-state index is -0.952. The Morgan fingerprint density at radius 1 is 1.00 bits per heavy atom. The zero-order valence-electron chi connectivity index (χ0n) is 18.1. The van der Waals surface area contributed by atoms with Gasteiger partial charge in [-0.25, -0.2) is 13.8 Å². The van der Waals surface area contributed by atoms with E-state index < -0.39 is 11.6 Å². The summed E-state index contributed by atoms with van der Waals surface area (Å²) in [6.07, 6.45) is 4.81. The van der Waals surface area contributed by atoms with Crippen LogP contribution in [0, 0.1) is 11.6 Å². The number of benzene rings is 3. The molecule has 1 N–H and O–H groups in total. The van der Waals surface area contributed by atoms with Crippen molar-refractivity contribution in [3.05, 3.63) is 78.0 Å². The van der Waals surface area contributed by atoms with E-state index in [0.717, 1.165) is 54.3 Å². The Morgan fingerprint density at radius 2 is 1.79 bits per heavy atom. The molecule has 0 aliphatic carbocycles. The summed E-state index contributed by atoms with van der Waals surface area (Å²) in [6.45, 7) is 1.25. The van der Waals surface area contributed by atoms with Gasteiger partial charge in [-0.2, -0.15) is 0 Å². The van der Waals surface area contributed by atoms with E-state index in [1.165, 1.54) is 6.20 Å². The number of likely N-dealkylation sites (tertiary alicyclic amines) is 1. The second kappa shape index (κ2) is 9.10. The van der Waals surface area contributed by atoms with Gasteiger partial charge in [0.25, 0.3) is 0 Å². The summed E-state index contributed by atoms with van der Waals surface area (Å²) in [4.78, 5) is 23.6. The number of hydrogen-bond acceptors (Lipinski definition) is 4. The molecule has 0 unspecified atom stereocenters. The number of halogens is 2. The van der Waals surface area contributed by atoms with Crippen LogP contribution in [0.25, 0.3) is 21.8 Å². The van der Waals surface area contributed by atoms with E-state index in [2.05, 4.69) is 39.6 Å². The number of piperidine rings is 1. The van der Waals surface area contributed by atoms with Crippen LogP contribution < -0.4 is 5.32 Å². The number of nitrogens with one attached hydrogen (secondary N) is 1. The number of amides is 1. The highest BCUT2D eigenvalue weighted by Gasteiger charge is 2.26. The topological polar surface area (TPSA) is 58.1 Å². The third-order valence-corrected chi connectivity index (χ3v) is 6.22. The van der Waals surface area contributed by atoms with E-state index in [0.29, 0.717) is 24.3 Å². The highest BCUT2D eigenvalue weighted by Crippen LogP contribution is 2.22. The number of nitrogens with zero attached hydrogens (tertiary/aromatic N) is 3. The molecule has 0 saturated carbocycles. The number of carbonyl (C=O) groups is 1. The van der Waals surface area contributed by atoms with Gasteiger partial charge in [-0.3, -0.25) is 9.78 Å². The largest absolute Gasteiger partial charge is 0.367 e. The van der Waals surface area contributed by atoms with Crippen LogP contribution in [0.1, 0.15) is 24.8 Å². The summed E-state index contributed by atoms with van der Waals surface area (Å²) in [7, 11) is 0. The Hall–Kier alpha value is -3.61. The van der Waals surface area contributed by atoms with E-state index in [9.17, 15) is 13.6 Å². The first-order chi connectivity index (χ1) is 16.1. The van der Waals surface area contributed by atoms with Crippen molar-refractivity contribution in [3.63, 3.8) is 0 Å². The normalized spacial score (nSPS) is 16.3. The summed E-state index contributed by atoms with van der Waals surface area (Å²) in [5.74, 6) is -1.31. The molecule has 4 aromatic rings. The summed E-state index contributed by atoms with van der Waals surface area (Å²) in [6, 6.07) is 16.4. The number of hydrogen-bond donors (Lipinski definition) is 1. The average Bonchev–Trinajstić information content (AvgIpc) is 2.83. The quantitative estimate of drug-likeness (QED) is 0.464. The minimum absolute atomic E-state index is 0.0363. The number of carbonyl (C=O) groups excluding carboxylic acids is 1. The SMILES string of the molecule is O=C(Cc1ccc2ccccc2c1)N1CCCC[C@H]1CNc1cnc2cc(F)c(F)cc2n1. The lowest BCUT2D eigenvalue weighted by Crippen LogP contribution is -2.47. The lowest BCUT2D eigenvalue weighted by Gasteiger charge is -2.36. The molecule has 1 amide bonds. The van der Waals surface area contributed by atoms with Gasteiger partial charge in [-0.15, -0.1) is 0 Å². The van der Waals surface area contributed by atoms with Crippen LogP contribution in [0.15, 0.2) is 60.8 Å². The smallest absolute Gasteiger partial charge is 0.227 e. The van der Waals surface area contributed by atoms with Crippen LogP contribution >= 0.6 is 0 Å². The third kappa shape index (κ3) is 4.62. The summed E-state index contributed by atoms with van der Waals surface area (Å²) in [5, 5.41) is 5.52. The highest BCUT2D eigenvalue weighted by atomic mass is 19.2. The molecule has 1 saturated heterocycles. The van der Waals surface area contributed by atoms with Crippen molar-refractivity contribution in [1.82, 2.24) is 14.9 Å². The average molecular weight is 447 g/mol. The van der Waals surface area contributed by atoms with Gasteiger partial charge in [-0.05, 0) is 35.6 Å². The molecular formula is C26H24F2N4O. The van der Waals surface area contributed by atoms with Crippen molar-refractivity contribution >= 4 is 33.5 Å². The van der Waals surface area contributed by atoms with Crippen LogP contribution in [-0.2, 0) is 11.2 Å². The number of aromatic nitrogens is 2. The van der Waals surface area contributed by atoms with Crippen LogP contribution in [0.3, 0.4) is 0 Å². The lowest BCUT2D eigenvalue weighted by atomic mass is 9.99. The van der Waals surface area contributed by atoms with Crippen LogP contribution in [0.4, 0.5) is 14.6 Å². The molecule has 5 nitrogen and oxygen atoms in total. The fourth-order valence-corrected chi connectivity index (χ4v) is 4.48. The standard InChI is InChI=1S/C26H24F2N4O/c27-21-13-23-24(14-22(21)28)31-25(16-29-23)30-15-20-7-3-4-10-32(20)26(33)12-17-8-9-18-5-1-2-6-19(18)11-17/h1-2,5-6,8-9,11,13-14,16,20H,3-4,7,10,12,15H2,(H,30,31)/t20-/m0/s1. The van der Waals surface area contributed by atoms with E-state index in [1.807, 2.05) is 23.1 Å². The molecular weight excluding hydrogens is 422 g/mol. The van der Waals surface area contributed by atoms with Gasteiger partial charge in [0.2, 0.25) is 5.91 Å². The van der Waals surface area contributed by atoms with Crippen LogP contribution in [0.5, 0.6) is 0 Å². The minimum Gasteiger partial charge on any atom is -0.367 e. The van der Waals surface area contributed by atoms with Crippen molar-refractivity contribution in [2.75, 3.05) is 18.4 Å². The summed E-state index contributed by atoms with van der Waals surface area (Å²) >= 11 is 0. The van der Waals surface area contributed by atoms with Gasteiger partial charge in [0.05, 0.1) is 23.7 Å². The molecule has 1 aliphatic heterocycles. The first-order valence-corrected chi connectivity index (χ1v) is 11.2. The molecule has 2 heterocycles. The number of fused-ring (bicyclic) bond motifs is 2. The molecule has 0 radical (unpaired) electrons. The number of rotatable bonds is 5. The van der Waals surface area contributed by atoms with Crippen molar-refractivity contribution < 1.29 is 13.6 Å². The Bertz CT molecular complexity index is 1330. The van der Waals surface area contributed by atoms with Crippen molar-refractivity contribution in [3.8, 4) is 0 Å². The van der Waals surface area contributed by atoms with Crippen molar-refractivity contribution in [2.24, 2.45) is 0 Å². The predicted octanol–water partition coefficient (Wildman–Crippen LogP) is 5.10. The first kappa shape index (κ1) is 21.2. The van der Waals surface area contributed by atoms with Crippen LogP contribution in [0.2, 0.25) is 0 Å². The molecule has 1 fully saturated rings. The second-order valence-electron chi connectivity index (χ2n) is 8.49. The zero-order chi connectivity index (χ0) is 22.8. The molecule has 1 atom stereocenters. The number of anilines is 1. The lowest BCUT2D eigenvalue weighted by molar-refractivity contribution is -0.133. The molecule has 5 rings (SSSR count). The van der Waals surface area contributed by atoms with E-state index in [1.54, 1.807) is 0 Å². The Kier molecular flexibility index (Phi) is 5.86. The fourth-order valence-electron chi connectivity index (χ4n) is 4.48. The molecule has 7 heteroatoms. The second-order valence-corrected chi connectivity index (χ2v) is 8.49. The molecule has 0 bridgehead atoms. The Labute approximate surface area is 190 Å². The van der Waals surface area contributed by atoms with Crippen molar-refractivity contribution in [2.45, 2.75) is 31.7 Å². The zero-order valence-corrected chi connectivity index (χ0v) is 18.1. The van der Waals surface area contributed by atoms with Gasteiger partial charge >= 0.3 is 0 Å². The van der Waals surface area contributed by atoms with Gasteiger partial charge < -0.3 is 10.2 Å². The third-order valence-electron chi connectivity index (χ3n) is 6.22. The molecule has 1 aliphatic rings.